The normalized spacial score (nSPS) is 10.6. The largest absolute Gasteiger partial charge is 0.338 e. The van der Waals surface area contributed by atoms with Crippen molar-refractivity contribution in [2.45, 2.75) is 13.8 Å². The lowest BCUT2D eigenvalue weighted by molar-refractivity contribution is 0.0764. The van der Waals surface area contributed by atoms with E-state index < -0.39 is 0 Å². The minimum atomic E-state index is -0.0129. The van der Waals surface area contributed by atoms with Gasteiger partial charge in [0, 0.05) is 25.4 Å². The van der Waals surface area contributed by atoms with Crippen molar-refractivity contribution in [2.75, 3.05) is 13.1 Å². The van der Waals surface area contributed by atoms with Crippen LogP contribution in [0.1, 0.15) is 24.3 Å². The summed E-state index contributed by atoms with van der Waals surface area (Å²) < 4.78 is 1.57. The van der Waals surface area contributed by atoms with Crippen LogP contribution in [0.3, 0.4) is 0 Å². The van der Waals surface area contributed by atoms with Crippen LogP contribution in [-0.4, -0.2) is 38.5 Å². The average molecular weight is 218 g/mol. The van der Waals surface area contributed by atoms with E-state index in [1.807, 2.05) is 13.8 Å². The predicted molar refractivity (Wildman–Crippen MR) is 60.2 cm³/mol. The van der Waals surface area contributed by atoms with Gasteiger partial charge >= 0.3 is 0 Å². The second kappa shape index (κ2) is 4.30. The third-order valence-electron chi connectivity index (χ3n) is 2.56. The summed E-state index contributed by atoms with van der Waals surface area (Å²) in [6.07, 6.45) is 3.27. The van der Waals surface area contributed by atoms with Gasteiger partial charge in [-0.05, 0) is 19.9 Å². The van der Waals surface area contributed by atoms with E-state index in [0.29, 0.717) is 24.4 Å². The molecule has 5 heteroatoms. The van der Waals surface area contributed by atoms with Crippen molar-refractivity contribution in [3.8, 4) is 0 Å². The van der Waals surface area contributed by atoms with Crippen LogP contribution >= 0.6 is 0 Å². The molecule has 0 saturated heterocycles. The summed E-state index contributed by atoms with van der Waals surface area (Å²) in [6, 6.07) is 3.47. The van der Waals surface area contributed by atoms with Crippen molar-refractivity contribution in [1.82, 2.24) is 19.5 Å². The molecular weight excluding hydrogens is 204 g/mol. The lowest BCUT2D eigenvalue weighted by Gasteiger charge is -2.18. The highest BCUT2D eigenvalue weighted by Crippen LogP contribution is 2.06. The molecule has 0 radical (unpaired) electrons. The average Bonchev–Trinajstić information content (AvgIpc) is 2.78. The molecule has 84 valence electrons. The maximum absolute atomic E-state index is 12.2. The molecule has 2 heterocycles. The number of fused-ring (bicyclic) bond motifs is 1. The quantitative estimate of drug-likeness (QED) is 0.778. The number of aromatic nitrogens is 3. The lowest BCUT2D eigenvalue weighted by Crippen LogP contribution is -2.32. The summed E-state index contributed by atoms with van der Waals surface area (Å²) in [6.45, 7) is 5.31. The van der Waals surface area contributed by atoms with Gasteiger partial charge in [-0.25, -0.2) is 9.50 Å². The van der Waals surface area contributed by atoms with E-state index in [9.17, 15) is 4.79 Å². The van der Waals surface area contributed by atoms with E-state index in [0.717, 1.165) is 0 Å². The molecule has 0 atom stereocenters. The Morgan fingerprint density at radius 2 is 2.06 bits per heavy atom. The van der Waals surface area contributed by atoms with Crippen LogP contribution in [0.15, 0.2) is 24.5 Å². The first-order valence-electron chi connectivity index (χ1n) is 5.36. The van der Waals surface area contributed by atoms with Crippen molar-refractivity contribution in [3.63, 3.8) is 0 Å². The second-order valence-corrected chi connectivity index (χ2v) is 3.41. The molecule has 0 aliphatic heterocycles. The molecule has 0 aromatic carbocycles. The Labute approximate surface area is 93.7 Å². The van der Waals surface area contributed by atoms with E-state index >= 15 is 0 Å². The molecule has 0 unspecified atom stereocenters. The number of carbonyl (C=O) groups is 1. The third-order valence-corrected chi connectivity index (χ3v) is 2.56. The van der Waals surface area contributed by atoms with E-state index in [1.165, 1.54) is 0 Å². The number of nitrogens with zero attached hydrogens (tertiary/aromatic N) is 4. The molecule has 0 aliphatic rings. The molecule has 0 spiro atoms. The van der Waals surface area contributed by atoms with Crippen molar-refractivity contribution in [3.05, 3.63) is 30.2 Å². The van der Waals surface area contributed by atoms with Crippen LogP contribution in [0.5, 0.6) is 0 Å². The molecule has 5 nitrogen and oxygen atoms in total. The van der Waals surface area contributed by atoms with E-state index in [2.05, 4.69) is 10.1 Å². The van der Waals surface area contributed by atoms with Gasteiger partial charge in [-0.15, -0.1) is 0 Å². The maximum atomic E-state index is 12.2. The van der Waals surface area contributed by atoms with Gasteiger partial charge in [0.2, 0.25) is 0 Å². The highest BCUT2D eigenvalue weighted by atomic mass is 16.2. The van der Waals surface area contributed by atoms with Crippen molar-refractivity contribution < 1.29 is 4.79 Å². The maximum Gasteiger partial charge on any atom is 0.272 e. The Balaban J connectivity index is 2.46. The summed E-state index contributed by atoms with van der Waals surface area (Å²) in [7, 11) is 0. The zero-order valence-corrected chi connectivity index (χ0v) is 9.42. The fraction of sp³-hybridized carbons (Fsp3) is 0.364. The van der Waals surface area contributed by atoms with Crippen LogP contribution in [0.4, 0.5) is 0 Å². The molecule has 0 aliphatic carbocycles. The number of rotatable bonds is 3. The topological polar surface area (TPSA) is 50.5 Å². The van der Waals surface area contributed by atoms with Gasteiger partial charge in [0.05, 0.1) is 6.20 Å². The number of hydrogen-bond acceptors (Lipinski definition) is 3. The smallest absolute Gasteiger partial charge is 0.272 e. The number of carbonyl (C=O) groups excluding carboxylic acids is 1. The molecule has 2 aromatic rings. The standard InChI is InChI=1S/C11H14N4O/c1-3-14(4-2)11(16)9-5-7-12-10-6-8-13-15(9)10/h5-8H,3-4H2,1-2H3. The summed E-state index contributed by atoms with van der Waals surface area (Å²) in [4.78, 5) is 18.0. The van der Waals surface area contributed by atoms with Gasteiger partial charge in [0.15, 0.2) is 5.65 Å². The van der Waals surface area contributed by atoms with Gasteiger partial charge in [0.25, 0.3) is 5.91 Å². The van der Waals surface area contributed by atoms with E-state index in [-0.39, 0.29) is 5.91 Å². The molecule has 0 N–H and O–H groups in total. The molecule has 2 rings (SSSR count). The molecule has 1 amide bonds. The van der Waals surface area contributed by atoms with Gasteiger partial charge in [-0.2, -0.15) is 5.10 Å². The Hall–Kier alpha value is -1.91. The summed E-state index contributed by atoms with van der Waals surface area (Å²) in [5.41, 5.74) is 1.25. The second-order valence-electron chi connectivity index (χ2n) is 3.41. The van der Waals surface area contributed by atoms with Crippen LogP contribution in [-0.2, 0) is 0 Å². The van der Waals surface area contributed by atoms with Crippen LogP contribution in [0.2, 0.25) is 0 Å². The first-order chi connectivity index (χ1) is 7.77. The predicted octanol–water partition coefficient (Wildman–Crippen LogP) is 1.21. The van der Waals surface area contributed by atoms with Gasteiger partial charge in [-0.1, -0.05) is 0 Å². The molecule has 0 fully saturated rings. The summed E-state index contributed by atoms with van der Waals surface area (Å²) in [5.74, 6) is -0.0129. The monoisotopic (exact) mass is 218 g/mol. The molecule has 16 heavy (non-hydrogen) atoms. The Morgan fingerprint density at radius 3 is 2.75 bits per heavy atom. The Morgan fingerprint density at radius 1 is 1.31 bits per heavy atom. The van der Waals surface area contributed by atoms with Crippen LogP contribution in [0.25, 0.3) is 5.65 Å². The first-order valence-corrected chi connectivity index (χ1v) is 5.36. The van der Waals surface area contributed by atoms with Gasteiger partial charge < -0.3 is 4.90 Å². The minimum Gasteiger partial charge on any atom is -0.338 e. The Bertz CT molecular complexity index is 501. The van der Waals surface area contributed by atoms with E-state index in [4.69, 9.17) is 0 Å². The molecule has 0 saturated carbocycles. The molecular formula is C11H14N4O. The van der Waals surface area contributed by atoms with Gasteiger partial charge in [-0.3, -0.25) is 4.79 Å². The fourth-order valence-corrected chi connectivity index (χ4v) is 1.67. The summed E-state index contributed by atoms with van der Waals surface area (Å²) in [5, 5.41) is 4.10. The molecule has 2 aromatic heterocycles. The number of hydrogen-bond donors (Lipinski definition) is 0. The lowest BCUT2D eigenvalue weighted by atomic mass is 10.3. The third kappa shape index (κ3) is 1.64. The highest BCUT2D eigenvalue weighted by molar-refractivity contribution is 5.92. The number of amides is 1. The van der Waals surface area contributed by atoms with Gasteiger partial charge in [0.1, 0.15) is 5.69 Å². The summed E-state index contributed by atoms with van der Waals surface area (Å²) >= 11 is 0. The highest BCUT2D eigenvalue weighted by Gasteiger charge is 2.16. The van der Waals surface area contributed by atoms with Crippen molar-refractivity contribution >= 4 is 11.6 Å². The van der Waals surface area contributed by atoms with Crippen LogP contribution < -0.4 is 0 Å². The SMILES string of the molecule is CCN(CC)C(=O)c1ccnc2ccnn12. The zero-order valence-electron chi connectivity index (χ0n) is 9.42. The minimum absolute atomic E-state index is 0.0129. The van der Waals surface area contributed by atoms with Crippen LogP contribution in [0, 0.1) is 0 Å². The molecule has 0 bridgehead atoms. The first kappa shape index (κ1) is 10.6. The van der Waals surface area contributed by atoms with Crippen molar-refractivity contribution in [1.29, 1.82) is 0 Å². The fourth-order valence-electron chi connectivity index (χ4n) is 1.67. The zero-order chi connectivity index (χ0) is 11.5. The van der Waals surface area contributed by atoms with E-state index in [1.54, 1.807) is 33.9 Å². The van der Waals surface area contributed by atoms with Crippen molar-refractivity contribution in [2.24, 2.45) is 0 Å². The Kier molecular flexibility index (Phi) is 2.85.